The first-order valence-corrected chi connectivity index (χ1v) is 9.41. The quantitative estimate of drug-likeness (QED) is 0.845. The number of hydrogen-bond donors (Lipinski definition) is 0. The van der Waals surface area contributed by atoms with Crippen molar-refractivity contribution in [3.63, 3.8) is 0 Å². The fourth-order valence-electron chi connectivity index (χ4n) is 4.54. The van der Waals surface area contributed by atoms with Gasteiger partial charge in [0.15, 0.2) is 0 Å². The summed E-state index contributed by atoms with van der Waals surface area (Å²) in [5.74, 6) is 1.80. The van der Waals surface area contributed by atoms with E-state index in [1.807, 2.05) is 18.3 Å². The number of aromatic nitrogens is 2. The van der Waals surface area contributed by atoms with Crippen molar-refractivity contribution in [1.29, 1.82) is 0 Å². The average molecular weight is 354 g/mol. The van der Waals surface area contributed by atoms with Crippen LogP contribution in [0, 0.1) is 11.7 Å². The molecule has 3 heterocycles. The van der Waals surface area contributed by atoms with Crippen LogP contribution in [0.4, 0.5) is 10.3 Å². The highest BCUT2D eigenvalue weighted by molar-refractivity contribution is 5.39. The van der Waals surface area contributed by atoms with E-state index in [0.29, 0.717) is 11.8 Å². The molecule has 0 bridgehead atoms. The molecule has 2 saturated heterocycles. The maximum Gasteiger partial charge on any atom is 0.225 e. The number of ether oxygens (including phenoxy) is 1. The molecule has 0 spiro atoms. The van der Waals surface area contributed by atoms with Crippen molar-refractivity contribution in [2.24, 2.45) is 5.92 Å². The summed E-state index contributed by atoms with van der Waals surface area (Å²) in [6.45, 7) is 6.20. The second-order valence-corrected chi connectivity index (χ2v) is 7.57. The van der Waals surface area contributed by atoms with Crippen molar-refractivity contribution >= 4 is 5.95 Å². The van der Waals surface area contributed by atoms with Gasteiger partial charge in [0.25, 0.3) is 0 Å². The van der Waals surface area contributed by atoms with E-state index in [-0.39, 0.29) is 5.82 Å². The molecule has 5 nitrogen and oxygen atoms in total. The number of nitrogens with zero attached hydrogens (tertiary/aromatic N) is 4. The van der Waals surface area contributed by atoms with Gasteiger partial charge in [-0.3, -0.25) is 4.90 Å². The number of anilines is 1. The van der Waals surface area contributed by atoms with Crippen LogP contribution < -0.4 is 4.90 Å². The Balaban J connectivity index is 1.31. The Morgan fingerprint density at radius 1 is 1.12 bits per heavy atom. The maximum absolute atomic E-state index is 13.1. The van der Waals surface area contributed by atoms with Crippen molar-refractivity contribution in [2.75, 3.05) is 44.3 Å². The molecule has 1 aromatic carbocycles. The molecule has 3 aliphatic rings. The highest BCUT2D eigenvalue weighted by Gasteiger charge is 2.41. The molecule has 0 amide bonds. The SMILES string of the molecule is Fc1ccc(CN2C[C@H]3Cc4cnc(N5CCOCC5)nc4[C@H]3C2)cc1. The van der Waals surface area contributed by atoms with Crippen molar-refractivity contribution < 1.29 is 9.13 Å². The molecule has 1 aromatic heterocycles. The zero-order valence-corrected chi connectivity index (χ0v) is 14.8. The summed E-state index contributed by atoms with van der Waals surface area (Å²) in [5.41, 5.74) is 3.73. The zero-order chi connectivity index (χ0) is 17.5. The van der Waals surface area contributed by atoms with Crippen LogP contribution in [0.3, 0.4) is 0 Å². The van der Waals surface area contributed by atoms with Crippen molar-refractivity contribution in [3.8, 4) is 0 Å². The van der Waals surface area contributed by atoms with E-state index in [4.69, 9.17) is 9.72 Å². The van der Waals surface area contributed by atoms with Gasteiger partial charge in [0.2, 0.25) is 5.95 Å². The van der Waals surface area contributed by atoms with Gasteiger partial charge in [0.05, 0.1) is 18.9 Å². The van der Waals surface area contributed by atoms with Crippen LogP contribution in [0.5, 0.6) is 0 Å². The van der Waals surface area contributed by atoms with E-state index >= 15 is 0 Å². The molecule has 2 atom stereocenters. The van der Waals surface area contributed by atoms with E-state index in [1.54, 1.807) is 12.1 Å². The molecule has 0 N–H and O–H groups in total. The minimum Gasteiger partial charge on any atom is -0.378 e. The molecule has 1 aliphatic carbocycles. The van der Waals surface area contributed by atoms with Gasteiger partial charge in [-0.1, -0.05) is 12.1 Å². The first-order valence-electron chi connectivity index (χ1n) is 9.41. The zero-order valence-electron chi connectivity index (χ0n) is 14.8. The summed E-state index contributed by atoms with van der Waals surface area (Å²) in [6, 6.07) is 6.86. The highest BCUT2D eigenvalue weighted by atomic mass is 19.1. The summed E-state index contributed by atoms with van der Waals surface area (Å²) in [5, 5.41) is 0. The van der Waals surface area contributed by atoms with Crippen LogP contribution in [0.2, 0.25) is 0 Å². The summed E-state index contributed by atoms with van der Waals surface area (Å²) in [6.07, 6.45) is 3.11. The van der Waals surface area contributed by atoms with Gasteiger partial charge in [-0.2, -0.15) is 0 Å². The Bertz CT molecular complexity index is 791. The Hall–Kier alpha value is -2.05. The monoisotopic (exact) mass is 354 g/mol. The number of benzene rings is 1. The van der Waals surface area contributed by atoms with E-state index < -0.39 is 0 Å². The lowest BCUT2D eigenvalue weighted by Gasteiger charge is -2.27. The molecule has 6 heteroatoms. The van der Waals surface area contributed by atoms with Crippen LogP contribution in [0.1, 0.15) is 22.7 Å². The lowest BCUT2D eigenvalue weighted by molar-refractivity contribution is 0.122. The van der Waals surface area contributed by atoms with Crippen LogP contribution in [-0.2, 0) is 17.7 Å². The smallest absolute Gasteiger partial charge is 0.225 e. The van der Waals surface area contributed by atoms with Gasteiger partial charge in [0, 0.05) is 44.8 Å². The van der Waals surface area contributed by atoms with Gasteiger partial charge in [-0.15, -0.1) is 0 Å². The summed E-state index contributed by atoms with van der Waals surface area (Å²) < 4.78 is 18.5. The standard InChI is InChI=1S/C20H23FN4O/c21-17-3-1-14(2-4-17)11-24-12-16-9-15-10-22-20(23-19(15)18(16)13-24)25-5-7-26-8-6-25/h1-4,10,16,18H,5-9,11-13H2/t16-,18+/m1/s1. The lowest BCUT2D eigenvalue weighted by Crippen LogP contribution is -2.37. The average Bonchev–Trinajstić information content (AvgIpc) is 3.21. The Kier molecular flexibility index (Phi) is 4.10. The predicted molar refractivity (Wildman–Crippen MR) is 96.7 cm³/mol. The molecule has 5 rings (SSSR count). The van der Waals surface area contributed by atoms with E-state index in [2.05, 4.69) is 14.8 Å². The minimum atomic E-state index is -0.173. The number of likely N-dealkylation sites (tertiary alicyclic amines) is 1. The predicted octanol–water partition coefficient (Wildman–Crippen LogP) is 2.22. The minimum absolute atomic E-state index is 0.173. The van der Waals surface area contributed by atoms with Gasteiger partial charge >= 0.3 is 0 Å². The van der Waals surface area contributed by atoms with Crippen LogP contribution >= 0.6 is 0 Å². The molecule has 2 aromatic rings. The fraction of sp³-hybridized carbons (Fsp3) is 0.500. The highest BCUT2D eigenvalue weighted by Crippen LogP contribution is 2.42. The van der Waals surface area contributed by atoms with Crippen molar-refractivity contribution in [3.05, 3.63) is 53.1 Å². The first-order chi connectivity index (χ1) is 12.8. The van der Waals surface area contributed by atoms with E-state index in [1.165, 1.54) is 16.8 Å². The lowest BCUT2D eigenvalue weighted by atomic mass is 9.99. The molecule has 0 unspecified atom stereocenters. The van der Waals surface area contributed by atoms with Crippen LogP contribution in [-0.4, -0.2) is 54.3 Å². The Morgan fingerprint density at radius 3 is 2.73 bits per heavy atom. The number of fused-ring (bicyclic) bond motifs is 3. The molecular formula is C20H23FN4O. The first kappa shape index (κ1) is 16.1. The van der Waals surface area contributed by atoms with Gasteiger partial charge in [-0.05, 0) is 35.6 Å². The third-order valence-corrected chi connectivity index (χ3v) is 5.85. The van der Waals surface area contributed by atoms with Crippen LogP contribution in [0.25, 0.3) is 0 Å². The molecule has 2 fully saturated rings. The molecule has 2 aliphatic heterocycles. The third-order valence-electron chi connectivity index (χ3n) is 5.85. The largest absolute Gasteiger partial charge is 0.378 e. The summed E-state index contributed by atoms with van der Waals surface area (Å²) in [7, 11) is 0. The molecule has 0 radical (unpaired) electrons. The van der Waals surface area contributed by atoms with Gasteiger partial charge in [0.1, 0.15) is 5.82 Å². The van der Waals surface area contributed by atoms with E-state index in [9.17, 15) is 4.39 Å². The van der Waals surface area contributed by atoms with Crippen LogP contribution in [0.15, 0.2) is 30.5 Å². The number of halogens is 1. The Morgan fingerprint density at radius 2 is 1.92 bits per heavy atom. The van der Waals surface area contributed by atoms with Gasteiger partial charge in [-0.25, -0.2) is 14.4 Å². The number of morpholine rings is 1. The van der Waals surface area contributed by atoms with Crippen molar-refractivity contribution in [2.45, 2.75) is 18.9 Å². The molecule has 0 saturated carbocycles. The second kappa shape index (κ2) is 6.59. The van der Waals surface area contributed by atoms with Crippen molar-refractivity contribution in [1.82, 2.24) is 14.9 Å². The summed E-state index contributed by atoms with van der Waals surface area (Å²) in [4.78, 5) is 14.3. The third kappa shape index (κ3) is 2.97. The normalized spacial score (nSPS) is 25.3. The second-order valence-electron chi connectivity index (χ2n) is 7.57. The van der Waals surface area contributed by atoms with Gasteiger partial charge < -0.3 is 9.64 Å². The molecular weight excluding hydrogens is 331 g/mol. The molecule has 26 heavy (non-hydrogen) atoms. The Labute approximate surface area is 152 Å². The topological polar surface area (TPSA) is 41.5 Å². The molecule has 136 valence electrons. The van der Waals surface area contributed by atoms with E-state index in [0.717, 1.165) is 58.3 Å². The number of hydrogen-bond acceptors (Lipinski definition) is 5. The maximum atomic E-state index is 13.1. The fourth-order valence-corrected chi connectivity index (χ4v) is 4.54. The summed E-state index contributed by atoms with van der Waals surface area (Å²) >= 11 is 0. The number of rotatable bonds is 3.